The van der Waals surface area contributed by atoms with Gasteiger partial charge in [-0.2, -0.15) is 0 Å². The van der Waals surface area contributed by atoms with Gasteiger partial charge in [0.2, 0.25) is 0 Å². The molecule has 0 heterocycles. The first kappa shape index (κ1) is 13.0. The summed E-state index contributed by atoms with van der Waals surface area (Å²) in [5, 5.41) is 13.5. The first-order valence-corrected chi connectivity index (χ1v) is 6.72. The lowest BCUT2D eigenvalue weighted by Gasteiger charge is -2.32. The molecule has 1 rings (SSSR count). The van der Waals surface area contributed by atoms with Gasteiger partial charge < -0.3 is 10.4 Å². The lowest BCUT2D eigenvalue weighted by Crippen LogP contribution is -2.46. The number of nitrogens with one attached hydrogen (secondary N) is 1. The highest BCUT2D eigenvalue weighted by molar-refractivity contribution is 4.83. The van der Waals surface area contributed by atoms with Gasteiger partial charge >= 0.3 is 0 Å². The smallest absolute Gasteiger partial charge is 0.0693 e. The summed E-state index contributed by atoms with van der Waals surface area (Å²) in [6.45, 7) is 4.48. The Kier molecular flexibility index (Phi) is 6.26. The van der Waals surface area contributed by atoms with Crippen molar-refractivity contribution in [1.82, 2.24) is 5.32 Å². The molecule has 0 aromatic carbocycles. The summed E-state index contributed by atoms with van der Waals surface area (Å²) < 4.78 is 0. The Morgan fingerprint density at radius 1 is 1.27 bits per heavy atom. The van der Waals surface area contributed by atoms with Gasteiger partial charge in [-0.3, -0.25) is 0 Å². The standard InChI is InChI=1S/C13H27NO/c1-3-5-8-11(4-2)14-12-9-6-7-10-13(12)15/h11-15H,3-10H2,1-2H3/t11-,12-,13-/m0/s1. The van der Waals surface area contributed by atoms with Crippen molar-refractivity contribution in [1.29, 1.82) is 0 Å². The third kappa shape index (κ3) is 4.52. The molecule has 0 radical (unpaired) electrons. The van der Waals surface area contributed by atoms with Crippen molar-refractivity contribution >= 4 is 0 Å². The minimum atomic E-state index is -0.102. The van der Waals surface area contributed by atoms with Gasteiger partial charge in [-0.25, -0.2) is 0 Å². The second-order valence-corrected chi connectivity index (χ2v) is 4.87. The molecular weight excluding hydrogens is 186 g/mol. The Hall–Kier alpha value is -0.0800. The van der Waals surface area contributed by atoms with Gasteiger partial charge in [-0.15, -0.1) is 0 Å². The van der Waals surface area contributed by atoms with Crippen LogP contribution in [-0.2, 0) is 0 Å². The average molecular weight is 213 g/mol. The lowest BCUT2D eigenvalue weighted by molar-refractivity contribution is 0.0836. The van der Waals surface area contributed by atoms with Crippen LogP contribution in [0.4, 0.5) is 0 Å². The summed E-state index contributed by atoms with van der Waals surface area (Å²) >= 11 is 0. The van der Waals surface area contributed by atoms with Crippen molar-refractivity contribution in [2.75, 3.05) is 0 Å². The van der Waals surface area contributed by atoms with Crippen LogP contribution in [0.3, 0.4) is 0 Å². The predicted molar refractivity (Wildman–Crippen MR) is 65.0 cm³/mol. The molecule has 2 N–H and O–H groups in total. The van der Waals surface area contributed by atoms with Gasteiger partial charge in [0.15, 0.2) is 0 Å². The molecule has 2 nitrogen and oxygen atoms in total. The largest absolute Gasteiger partial charge is 0.392 e. The van der Waals surface area contributed by atoms with Gasteiger partial charge in [0, 0.05) is 12.1 Å². The minimum Gasteiger partial charge on any atom is -0.392 e. The second-order valence-electron chi connectivity index (χ2n) is 4.87. The maximum absolute atomic E-state index is 9.88. The first-order valence-electron chi connectivity index (χ1n) is 6.72. The SMILES string of the molecule is CCCC[C@H](CC)N[C@H]1CCCC[C@@H]1O. The van der Waals surface area contributed by atoms with Crippen LogP contribution in [0.2, 0.25) is 0 Å². The van der Waals surface area contributed by atoms with Crippen LogP contribution in [0.5, 0.6) is 0 Å². The third-order valence-corrected chi connectivity index (χ3v) is 3.58. The van der Waals surface area contributed by atoms with E-state index in [1.54, 1.807) is 0 Å². The molecule has 3 atom stereocenters. The molecule has 0 aromatic rings. The van der Waals surface area contributed by atoms with E-state index in [9.17, 15) is 5.11 Å². The normalized spacial score (nSPS) is 29.0. The van der Waals surface area contributed by atoms with Crippen LogP contribution in [0.15, 0.2) is 0 Å². The lowest BCUT2D eigenvalue weighted by atomic mass is 9.91. The maximum Gasteiger partial charge on any atom is 0.0693 e. The molecule has 0 unspecified atom stereocenters. The summed E-state index contributed by atoms with van der Waals surface area (Å²) in [6, 6.07) is 0.975. The van der Waals surface area contributed by atoms with Crippen LogP contribution in [-0.4, -0.2) is 23.3 Å². The average Bonchev–Trinajstić information content (AvgIpc) is 2.26. The van der Waals surface area contributed by atoms with Crippen LogP contribution in [0.1, 0.15) is 65.2 Å². The molecule has 0 saturated heterocycles. The Bertz CT molecular complexity index is 161. The van der Waals surface area contributed by atoms with E-state index in [-0.39, 0.29) is 6.10 Å². The number of rotatable bonds is 6. The van der Waals surface area contributed by atoms with E-state index in [4.69, 9.17) is 0 Å². The number of aliphatic hydroxyl groups is 1. The van der Waals surface area contributed by atoms with Crippen LogP contribution in [0, 0.1) is 0 Å². The number of aliphatic hydroxyl groups excluding tert-OH is 1. The quantitative estimate of drug-likeness (QED) is 0.711. The van der Waals surface area contributed by atoms with Crippen LogP contribution in [0.25, 0.3) is 0 Å². The zero-order valence-electron chi connectivity index (χ0n) is 10.3. The molecule has 0 spiro atoms. The van der Waals surface area contributed by atoms with Crippen molar-refractivity contribution < 1.29 is 5.11 Å². The van der Waals surface area contributed by atoms with E-state index in [0.29, 0.717) is 12.1 Å². The summed E-state index contributed by atoms with van der Waals surface area (Å²) in [5.41, 5.74) is 0. The topological polar surface area (TPSA) is 32.3 Å². The van der Waals surface area contributed by atoms with E-state index in [2.05, 4.69) is 19.2 Å². The number of unbranched alkanes of at least 4 members (excludes halogenated alkanes) is 1. The molecule has 0 bridgehead atoms. The molecule has 2 heteroatoms. The fourth-order valence-corrected chi connectivity index (χ4v) is 2.46. The van der Waals surface area contributed by atoms with Crippen molar-refractivity contribution in [3.63, 3.8) is 0 Å². The highest BCUT2D eigenvalue weighted by Crippen LogP contribution is 2.19. The molecule has 1 fully saturated rings. The Morgan fingerprint density at radius 3 is 2.60 bits per heavy atom. The fourth-order valence-electron chi connectivity index (χ4n) is 2.46. The maximum atomic E-state index is 9.88. The summed E-state index contributed by atoms with van der Waals surface area (Å²) in [5.74, 6) is 0. The zero-order valence-corrected chi connectivity index (χ0v) is 10.3. The van der Waals surface area contributed by atoms with Gasteiger partial charge in [0.25, 0.3) is 0 Å². The summed E-state index contributed by atoms with van der Waals surface area (Å²) in [6.07, 6.45) is 9.53. The van der Waals surface area contributed by atoms with Crippen LogP contribution >= 0.6 is 0 Å². The van der Waals surface area contributed by atoms with Crippen molar-refractivity contribution in [3.8, 4) is 0 Å². The van der Waals surface area contributed by atoms with Gasteiger partial charge in [-0.1, -0.05) is 39.5 Å². The van der Waals surface area contributed by atoms with E-state index in [1.807, 2.05) is 0 Å². The van der Waals surface area contributed by atoms with E-state index >= 15 is 0 Å². The Morgan fingerprint density at radius 2 is 2.00 bits per heavy atom. The fraction of sp³-hybridized carbons (Fsp3) is 1.00. The summed E-state index contributed by atoms with van der Waals surface area (Å²) in [4.78, 5) is 0. The number of hydrogen-bond acceptors (Lipinski definition) is 2. The predicted octanol–water partition coefficient (Wildman–Crippen LogP) is 2.85. The molecule has 15 heavy (non-hydrogen) atoms. The second kappa shape index (κ2) is 7.24. The molecule has 1 saturated carbocycles. The van der Waals surface area contributed by atoms with Gasteiger partial charge in [-0.05, 0) is 25.7 Å². The van der Waals surface area contributed by atoms with Crippen molar-refractivity contribution in [2.45, 2.75) is 83.4 Å². The zero-order chi connectivity index (χ0) is 11.1. The van der Waals surface area contributed by atoms with Crippen molar-refractivity contribution in [3.05, 3.63) is 0 Å². The first-order chi connectivity index (χ1) is 7.27. The molecular formula is C13H27NO. The molecule has 90 valence electrons. The Labute approximate surface area is 94.5 Å². The van der Waals surface area contributed by atoms with E-state index < -0.39 is 0 Å². The van der Waals surface area contributed by atoms with Crippen LogP contribution < -0.4 is 5.32 Å². The van der Waals surface area contributed by atoms with Gasteiger partial charge in [0.1, 0.15) is 0 Å². The highest BCUT2D eigenvalue weighted by Gasteiger charge is 2.24. The molecule has 0 amide bonds. The van der Waals surface area contributed by atoms with E-state index in [1.165, 1.54) is 38.5 Å². The monoisotopic (exact) mass is 213 g/mol. The van der Waals surface area contributed by atoms with Gasteiger partial charge in [0.05, 0.1) is 6.10 Å². The molecule has 0 aromatic heterocycles. The molecule has 0 aliphatic heterocycles. The Balaban J connectivity index is 2.29. The van der Waals surface area contributed by atoms with Crippen molar-refractivity contribution in [2.24, 2.45) is 0 Å². The van der Waals surface area contributed by atoms with E-state index in [0.717, 1.165) is 12.8 Å². The molecule has 1 aliphatic carbocycles. The minimum absolute atomic E-state index is 0.102. The third-order valence-electron chi connectivity index (χ3n) is 3.58. The molecule has 1 aliphatic rings. The summed E-state index contributed by atoms with van der Waals surface area (Å²) in [7, 11) is 0. The number of hydrogen-bond donors (Lipinski definition) is 2. The highest BCUT2D eigenvalue weighted by atomic mass is 16.3.